The molecule has 0 aromatic heterocycles. The minimum absolute atomic E-state index is 0.162. The maximum absolute atomic E-state index is 14.0. The third kappa shape index (κ3) is 5.35. The molecule has 0 atom stereocenters. The Labute approximate surface area is 164 Å². The summed E-state index contributed by atoms with van der Waals surface area (Å²) >= 11 is 5.72. The molecule has 2 rings (SSSR count). The van der Waals surface area contributed by atoms with Gasteiger partial charge in [-0.15, -0.1) is 0 Å². The first kappa shape index (κ1) is 21.5. The van der Waals surface area contributed by atoms with Crippen molar-refractivity contribution in [3.63, 3.8) is 0 Å². The lowest BCUT2D eigenvalue weighted by atomic mass is 10.1. The Morgan fingerprint density at radius 1 is 1.18 bits per heavy atom. The quantitative estimate of drug-likeness (QED) is 0.535. The average molecular weight is 429 g/mol. The standard InChI is InChI=1S/C17H14ClFN2O6S/c1-9(22)21-11-3-4-12(14(19)7-11)15(23)8-27-17(24)10-2-5-13(18)16(6-10)28(20,25)26/h2-7H,8H2,1H3,(H,21,22)(H2,20,25,26). The second kappa shape index (κ2) is 8.46. The Morgan fingerprint density at radius 3 is 2.43 bits per heavy atom. The number of Topliss-reactive ketones (excluding diaryl/α,β-unsaturated/α-hetero) is 1. The van der Waals surface area contributed by atoms with E-state index in [4.69, 9.17) is 21.5 Å². The topological polar surface area (TPSA) is 133 Å². The van der Waals surface area contributed by atoms with Gasteiger partial charge in [0.15, 0.2) is 6.61 Å². The highest BCUT2D eigenvalue weighted by molar-refractivity contribution is 7.89. The molecule has 0 bridgehead atoms. The number of nitrogens with one attached hydrogen (secondary N) is 1. The van der Waals surface area contributed by atoms with E-state index in [0.717, 1.165) is 24.3 Å². The second-order valence-electron chi connectivity index (χ2n) is 5.57. The van der Waals surface area contributed by atoms with Gasteiger partial charge in [-0.1, -0.05) is 11.6 Å². The first-order valence-electron chi connectivity index (χ1n) is 7.59. The zero-order chi connectivity index (χ0) is 21.1. The first-order chi connectivity index (χ1) is 13.0. The molecule has 0 aliphatic carbocycles. The third-order valence-electron chi connectivity index (χ3n) is 3.40. The Hall–Kier alpha value is -2.82. The van der Waals surface area contributed by atoms with E-state index in [9.17, 15) is 27.2 Å². The molecule has 0 heterocycles. The number of anilines is 1. The first-order valence-corrected chi connectivity index (χ1v) is 9.51. The molecular formula is C17H14ClFN2O6S. The van der Waals surface area contributed by atoms with Crippen molar-refractivity contribution in [2.24, 2.45) is 5.14 Å². The van der Waals surface area contributed by atoms with Gasteiger partial charge >= 0.3 is 5.97 Å². The van der Waals surface area contributed by atoms with Crippen molar-refractivity contribution in [3.05, 3.63) is 58.4 Å². The highest BCUT2D eigenvalue weighted by atomic mass is 35.5. The summed E-state index contributed by atoms with van der Waals surface area (Å²) < 4.78 is 41.7. The number of amides is 1. The molecule has 148 valence electrons. The molecule has 2 aromatic carbocycles. The number of carbonyl (C=O) groups excluding carboxylic acids is 3. The zero-order valence-electron chi connectivity index (χ0n) is 14.4. The molecule has 8 nitrogen and oxygen atoms in total. The van der Waals surface area contributed by atoms with E-state index in [1.165, 1.54) is 19.1 Å². The van der Waals surface area contributed by atoms with Gasteiger partial charge in [0.2, 0.25) is 21.7 Å². The largest absolute Gasteiger partial charge is 0.454 e. The predicted molar refractivity (Wildman–Crippen MR) is 98.1 cm³/mol. The van der Waals surface area contributed by atoms with Crippen LogP contribution < -0.4 is 10.5 Å². The van der Waals surface area contributed by atoms with Gasteiger partial charge in [-0.2, -0.15) is 0 Å². The van der Waals surface area contributed by atoms with E-state index in [2.05, 4.69) is 5.32 Å². The smallest absolute Gasteiger partial charge is 0.338 e. The van der Waals surface area contributed by atoms with Gasteiger partial charge in [-0.3, -0.25) is 9.59 Å². The summed E-state index contributed by atoms with van der Waals surface area (Å²) in [5.74, 6) is -3.17. The van der Waals surface area contributed by atoms with Gasteiger partial charge in [0, 0.05) is 12.6 Å². The van der Waals surface area contributed by atoms with Crippen LogP contribution in [-0.2, 0) is 19.6 Å². The number of rotatable bonds is 6. The van der Waals surface area contributed by atoms with Crippen LogP contribution in [0.4, 0.5) is 10.1 Å². The lowest BCUT2D eigenvalue weighted by Crippen LogP contribution is -2.17. The fourth-order valence-electron chi connectivity index (χ4n) is 2.16. The van der Waals surface area contributed by atoms with E-state index >= 15 is 0 Å². The number of ether oxygens (including phenoxy) is 1. The van der Waals surface area contributed by atoms with Gasteiger partial charge in [-0.25, -0.2) is 22.7 Å². The number of carbonyl (C=O) groups is 3. The van der Waals surface area contributed by atoms with Crippen LogP contribution in [0.5, 0.6) is 0 Å². The summed E-state index contributed by atoms with van der Waals surface area (Å²) in [6.07, 6.45) is 0. The SMILES string of the molecule is CC(=O)Nc1ccc(C(=O)COC(=O)c2ccc(Cl)c(S(N)(=O)=O)c2)c(F)c1. The Balaban J connectivity index is 2.11. The molecule has 0 unspecified atom stereocenters. The molecule has 0 aliphatic heterocycles. The Morgan fingerprint density at radius 2 is 1.86 bits per heavy atom. The summed E-state index contributed by atoms with van der Waals surface area (Å²) in [6.45, 7) is 0.455. The molecule has 0 saturated heterocycles. The molecule has 0 radical (unpaired) electrons. The van der Waals surface area contributed by atoms with E-state index in [-0.39, 0.29) is 21.8 Å². The molecule has 0 aliphatic rings. The number of benzene rings is 2. The predicted octanol–water partition coefficient (Wildman–Crippen LogP) is 2.12. The molecule has 3 N–H and O–H groups in total. The molecule has 28 heavy (non-hydrogen) atoms. The van der Waals surface area contributed by atoms with Crippen LogP contribution in [0.2, 0.25) is 5.02 Å². The van der Waals surface area contributed by atoms with Crippen molar-refractivity contribution in [2.75, 3.05) is 11.9 Å². The van der Waals surface area contributed by atoms with Crippen LogP contribution in [0.25, 0.3) is 0 Å². The van der Waals surface area contributed by atoms with E-state index in [1.807, 2.05) is 0 Å². The summed E-state index contributed by atoms with van der Waals surface area (Å²) in [5.41, 5.74) is -0.388. The van der Waals surface area contributed by atoms with Crippen molar-refractivity contribution < 1.29 is 31.9 Å². The number of sulfonamides is 1. The van der Waals surface area contributed by atoms with Gasteiger partial charge in [0.1, 0.15) is 10.7 Å². The number of hydrogen-bond acceptors (Lipinski definition) is 6. The summed E-state index contributed by atoms with van der Waals surface area (Å²) in [4.78, 5) is 34.6. The third-order valence-corrected chi connectivity index (χ3v) is 4.79. The Kier molecular flexibility index (Phi) is 6.49. The zero-order valence-corrected chi connectivity index (χ0v) is 15.9. The van der Waals surface area contributed by atoms with Gasteiger partial charge in [-0.05, 0) is 36.4 Å². The number of hydrogen-bond donors (Lipinski definition) is 2. The molecule has 0 saturated carbocycles. The molecule has 11 heteroatoms. The average Bonchev–Trinajstić information content (AvgIpc) is 2.58. The number of halogens is 2. The monoisotopic (exact) mass is 428 g/mol. The fourth-order valence-corrected chi connectivity index (χ4v) is 3.23. The summed E-state index contributed by atoms with van der Waals surface area (Å²) in [6, 6.07) is 6.64. The van der Waals surface area contributed by atoms with Crippen molar-refractivity contribution in [2.45, 2.75) is 11.8 Å². The van der Waals surface area contributed by atoms with E-state index < -0.39 is 45.0 Å². The van der Waals surface area contributed by atoms with Crippen LogP contribution in [0.3, 0.4) is 0 Å². The number of nitrogens with two attached hydrogens (primary N) is 1. The highest BCUT2D eigenvalue weighted by Crippen LogP contribution is 2.22. The second-order valence-corrected chi connectivity index (χ2v) is 7.50. The van der Waals surface area contributed by atoms with Gasteiger partial charge < -0.3 is 10.1 Å². The number of primary sulfonamides is 1. The van der Waals surface area contributed by atoms with Crippen LogP contribution in [0.15, 0.2) is 41.3 Å². The summed E-state index contributed by atoms with van der Waals surface area (Å²) in [7, 11) is -4.17. The normalized spacial score (nSPS) is 11.0. The van der Waals surface area contributed by atoms with Crippen LogP contribution in [0.1, 0.15) is 27.6 Å². The molecular weight excluding hydrogens is 415 g/mol. The lowest BCUT2D eigenvalue weighted by molar-refractivity contribution is -0.114. The molecule has 0 spiro atoms. The minimum Gasteiger partial charge on any atom is -0.454 e. The van der Waals surface area contributed by atoms with Crippen molar-refractivity contribution in [1.82, 2.24) is 0 Å². The molecule has 0 fully saturated rings. The minimum atomic E-state index is -4.17. The van der Waals surface area contributed by atoms with Gasteiger partial charge in [0.25, 0.3) is 0 Å². The maximum Gasteiger partial charge on any atom is 0.338 e. The number of esters is 1. The van der Waals surface area contributed by atoms with Gasteiger partial charge in [0.05, 0.1) is 16.1 Å². The van der Waals surface area contributed by atoms with Crippen molar-refractivity contribution in [1.29, 1.82) is 0 Å². The molecule has 1 amide bonds. The highest BCUT2D eigenvalue weighted by Gasteiger charge is 2.19. The van der Waals surface area contributed by atoms with Crippen molar-refractivity contribution >= 4 is 45.0 Å². The lowest BCUT2D eigenvalue weighted by Gasteiger charge is -2.08. The fraction of sp³-hybridized carbons (Fsp3) is 0.118. The summed E-state index contributed by atoms with van der Waals surface area (Å²) in [5, 5.41) is 7.17. The Bertz CT molecular complexity index is 1070. The van der Waals surface area contributed by atoms with Crippen LogP contribution in [-0.4, -0.2) is 32.7 Å². The van der Waals surface area contributed by atoms with Crippen LogP contribution >= 0.6 is 11.6 Å². The number of ketones is 1. The van der Waals surface area contributed by atoms with Crippen LogP contribution in [0, 0.1) is 5.82 Å². The van der Waals surface area contributed by atoms with E-state index in [0.29, 0.717) is 0 Å². The molecule has 2 aromatic rings. The van der Waals surface area contributed by atoms with Crippen molar-refractivity contribution in [3.8, 4) is 0 Å². The maximum atomic E-state index is 14.0. The van der Waals surface area contributed by atoms with E-state index in [1.54, 1.807) is 0 Å².